The van der Waals surface area contributed by atoms with Crippen molar-refractivity contribution in [3.8, 4) is 0 Å². The summed E-state index contributed by atoms with van der Waals surface area (Å²) in [5.41, 5.74) is 0.446. The van der Waals surface area contributed by atoms with E-state index < -0.39 is 0 Å². The quantitative estimate of drug-likeness (QED) is 0.665. The number of carbonyl (C=O) groups excluding carboxylic acids is 1. The fourth-order valence-electron chi connectivity index (χ4n) is 1.61. The van der Waals surface area contributed by atoms with Gasteiger partial charge in [0.05, 0.1) is 12.4 Å². The zero-order valence-electron chi connectivity index (χ0n) is 8.05. The molecule has 1 saturated heterocycles. The van der Waals surface area contributed by atoms with Crippen molar-refractivity contribution in [2.75, 3.05) is 13.1 Å². The second-order valence-corrected chi connectivity index (χ2v) is 3.62. The molecule has 1 atom stereocenters. The van der Waals surface area contributed by atoms with Crippen LogP contribution in [0.15, 0.2) is 12.5 Å². The molecule has 1 aliphatic rings. The summed E-state index contributed by atoms with van der Waals surface area (Å²) in [7, 11) is 1.82. The summed E-state index contributed by atoms with van der Waals surface area (Å²) >= 11 is 0. The normalized spacial score (nSPS) is 21.6. The number of nitrogens with zero attached hydrogens (tertiary/aromatic N) is 3. The number of aliphatic hydroxyl groups is 1. The topological polar surface area (TPSA) is 58.4 Å². The molecule has 1 aromatic heterocycles. The standard InChI is InChI=1S/C9H13N3O2/c1-11-5-8(10-6-11)9(14)12-3-2-7(13)4-12/h5-7,13H,2-4H2,1H3/t7-/m0/s1. The van der Waals surface area contributed by atoms with Gasteiger partial charge in [0.25, 0.3) is 5.91 Å². The van der Waals surface area contributed by atoms with Gasteiger partial charge in [0.2, 0.25) is 0 Å². The van der Waals surface area contributed by atoms with Gasteiger partial charge < -0.3 is 14.6 Å². The molecular formula is C9H13N3O2. The monoisotopic (exact) mass is 195 g/mol. The van der Waals surface area contributed by atoms with Crippen molar-refractivity contribution in [2.45, 2.75) is 12.5 Å². The summed E-state index contributed by atoms with van der Waals surface area (Å²) < 4.78 is 1.74. The van der Waals surface area contributed by atoms with Gasteiger partial charge in [-0.05, 0) is 6.42 Å². The maximum absolute atomic E-state index is 11.7. The van der Waals surface area contributed by atoms with E-state index in [2.05, 4.69) is 4.98 Å². The van der Waals surface area contributed by atoms with Crippen molar-refractivity contribution in [3.05, 3.63) is 18.2 Å². The minimum absolute atomic E-state index is 0.0952. The molecule has 0 radical (unpaired) electrons. The zero-order valence-corrected chi connectivity index (χ0v) is 8.05. The average Bonchev–Trinajstić information content (AvgIpc) is 2.73. The van der Waals surface area contributed by atoms with Crippen molar-refractivity contribution < 1.29 is 9.90 Å². The molecule has 76 valence electrons. The molecule has 0 aliphatic carbocycles. The third kappa shape index (κ3) is 1.63. The lowest BCUT2D eigenvalue weighted by Crippen LogP contribution is -2.29. The van der Waals surface area contributed by atoms with Crippen LogP contribution in [0.1, 0.15) is 16.9 Å². The first-order valence-electron chi connectivity index (χ1n) is 4.62. The second kappa shape index (κ2) is 3.42. The fourth-order valence-corrected chi connectivity index (χ4v) is 1.61. The molecule has 1 fully saturated rings. The van der Waals surface area contributed by atoms with Gasteiger partial charge >= 0.3 is 0 Å². The van der Waals surface area contributed by atoms with Crippen molar-refractivity contribution in [2.24, 2.45) is 7.05 Å². The number of aliphatic hydroxyl groups excluding tert-OH is 1. The molecule has 1 amide bonds. The first kappa shape index (κ1) is 9.21. The molecule has 5 nitrogen and oxygen atoms in total. The van der Waals surface area contributed by atoms with Crippen LogP contribution in [0.2, 0.25) is 0 Å². The van der Waals surface area contributed by atoms with E-state index in [0.717, 1.165) is 0 Å². The molecule has 1 aromatic rings. The van der Waals surface area contributed by atoms with Crippen LogP contribution < -0.4 is 0 Å². The zero-order chi connectivity index (χ0) is 10.1. The smallest absolute Gasteiger partial charge is 0.274 e. The Balaban J connectivity index is 2.09. The molecular weight excluding hydrogens is 182 g/mol. The second-order valence-electron chi connectivity index (χ2n) is 3.62. The first-order chi connectivity index (χ1) is 6.66. The van der Waals surface area contributed by atoms with Gasteiger partial charge in [0, 0.05) is 26.3 Å². The predicted molar refractivity (Wildman–Crippen MR) is 49.7 cm³/mol. The summed E-state index contributed by atoms with van der Waals surface area (Å²) in [5, 5.41) is 9.28. The maximum atomic E-state index is 11.7. The van der Waals surface area contributed by atoms with Crippen LogP contribution in [-0.2, 0) is 7.05 Å². The minimum Gasteiger partial charge on any atom is -0.391 e. The molecule has 14 heavy (non-hydrogen) atoms. The first-order valence-corrected chi connectivity index (χ1v) is 4.62. The summed E-state index contributed by atoms with van der Waals surface area (Å²) in [6, 6.07) is 0. The van der Waals surface area contributed by atoms with E-state index in [0.29, 0.717) is 25.2 Å². The molecule has 0 saturated carbocycles. The summed E-state index contributed by atoms with van der Waals surface area (Å²) in [6.07, 6.45) is 3.58. The average molecular weight is 195 g/mol. The molecule has 2 rings (SSSR count). The van der Waals surface area contributed by atoms with Crippen LogP contribution in [0.5, 0.6) is 0 Å². The third-order valence-corrected chi connectivity index (χ3v) is 2.37. The molecule has 0 spiro atoms. The Morgan fingerprint density at radius 3 is 3.00 bits per heavy atom. The molecule has 0 aromatic carbocycles. The number of carbonyl (C=O) groups is 1. The lowest BCUT2D eigenvalue weighted by Gasteiger charge is -2.13. The third-order valence-electron chi connectivity index (χ3n) is 2.37. The predicted octanol–water partition coefficient (Wildman–Crippen LogP) is -0.373. The van der Waals surface area contributed by atoms with Gasteiger partial charge in [-0.2, -0.15) is 0 Å². The maximum Gasteiger partial charge on any atom is 0.274 e. The number of aromatic nitrogens is 2. The number of hydrogen-bond acceptors (Lipinski definition) is 3. The van der Waals surface area contributed by atoms with E-state index in [4.69, 9.17) is 0 Å². The van der Waals surface area contributed by atoms with E-state index in [1.807, 2.05) is 7.05 Å². The van der Waals surface area contributed by atoms with E-state index >= 15 is 0 Å². The van der Waals surface area contributed by atoms with Gasteiger partial charge in [-0.1, -0.05) is 0 Å². The van der Waals surface area contributed by atoms with Crippen LogP contribution in [-0.4, -0.2) is 44.7 Å². The minimum atomic E-state index is -0.373. The van der Waals surface area contributed by atoms with E-state index in [1.54, 1.807) is 22.0 Å². The molecule has 0 bridgehead atoms. The molecule has 0 unspecified atom stereocenters. The Bertz CT molecular complexity index is 348. The van der Waals surface area contributed by atoms with E-state index in [1.165, 1.54) is 0 Å². The number of imidazole rings is 1. The molecule has 5 heteroatoms. The molecule has 1 N–H and O–H groups in total. The summed E-state index contributed by atoms with van der Waals surface area (Å²) in [4.78, 5) is 17.4. The van der Waals surface area contributed by atoms with Gasteiger partial charge in [0.1, 0.15) is 5.69 Å². The highest BCUT2D eigenvalue weighted by Crippen LogP contribution is 2.11. The number of aryl methyl sites for hydroxylation is 1. The Kier molecular flexibility index (Phi) is 2.25. The van der Waals surface area contributed by atoms with Crippen molar-refractivity contribution >= 4 is 5.91 Å². The van der Waals surface area contributed by atoms with Crippen LogP contribution in [0, 0.1) is 0 Å². The molecule has 2 heterocycles. The number of amides is 1. The van der Waals surface area contributed by atoms with Crippen molar-refractivity contribution in [1.82, 2.24) is 14.5 Å². The Morgan fingerprint density at radius 1 is 1.71 bits per heavy atom. The molecule has 1 aliphatic heterocycles. The number of rotatable bonds is 1. The van der Waals surface area contributed by atoms with Gasteiger partial charge in [-0.15, -0.1) is 0 Å². The van der Waals surface area contributed by atoms with Crippen LogP contribution in [0.25, 0.3) is 0 Å². The highest BCUT2D eigenvalue weighted by Gasteiger charge is 2.26. The number of β-amino-alcohol motifs (C(OH)–C–C–N with tert-alkyl or cyclic N) is 1. The Morgan fingerprint density at radius 2 is 2.50 bits per heavy atom. The van der Waals surface area contributed by atoms with E-state index in [9.17, 15) is 9.90 Å². The van der Waals surface area contributed by atoms with Crippen LogP contribution in [0.3, 0.4) is 0 Å². The highest BCUT2D eigenvalue weighted by molar-refractivity contribution is 5.92. The summed E-state index contributed by atoms with van der Waals surface area (Å²) in [5.74, 6) is -0.0952. The lowest BCUT2D eigenvalue weighted by molar-refractivity contribution is 0.0759. The fraction of sp³-hybridized carbons (Fsp3) is 0.556. The Hall–Kier alpha value is -1.36. The van der Waals surface area contributed by atoms with Crippen molar-refractivity contribution in [3.63, 3.8) is 0 Å². The van der Waals surface area contributed by atoms with Crippen molar-refractivity contribution in [1.29, 1.82) is 0 Å². The number of likely N-dealkylation sites (tertiary alicyclic amines) is 1. The Labute approximate surface area is 82.0 Å². The van der Waals surface area contributed by atoms with Crippen LogP contribution >= 0.6 is 0 Å². The van der Waals surface area contributed by atoms with Gasteiger partial charge in [-0.3, -0.25) is 4.79 Å². The SMILES string of the molecule is Cn1cnc(C(=O)N2CC[C@H](O)C2)c1. The van der Waals surface area contributed by atoms with Crippen LogP contribution in [0.4, 0.5) is 0 Å². The number of hydrogen-bond donors (Lipinski definition) is 1. The van der Waals surface area contributed by atoms with Gasteiger partial charge in [-0.25, -0.2) is 4.98 Å². The summed E-state index contributed by atoms with van der Waals surface area (Å²) in [6.45, 7) is 1.05. The largest absolute Gasteiger partial charge is 0.391 e. The van der Waals surface area contributed by atoms with Gasteiger partial charge in [0.15, 0.2) is 0 Å². The highest BCUT2D eigenvalue weighted by atomic mass is 16.3. The van der Waals surface area contributed by atoms with E-state index in [-0.39, 0.29) is 12.0 Å². The lowest BCUT2D eigenvalue weighted by atomic mass is 10.3.